The summed E-state index contributed by atoms with van der Waals surface area (Å²) in [6.45, 7) is 0.472. The first-order chi connectivity index (χ1) is 4.22. The van der Waals surface area contributed by atoms with Gasteiger partial charge in [-0.1, -0.05) is 0 Å². The highest BCUT2D eigenvalue weighted by molar-refractivity contribution is 4.76. The van der Waals surface area contributed by atoms with Crippen molar-refractivity contribution in [2.75, 3.05) is 13.2 Å². The van der Waals surface area contributed by atoms with Gasteiger partial charge < -0.3 is 10.5 Å². The summed E-state index contributed by atoms with van der Waals surface area (Å²) in [5, 5.41) is 10.1. The van der Waals surface area contributed by atoms with Crippen LogP contribution in [0.15, 0.2) is 0 Å². The van der Waals surface area contributed by atoms with Crippen LogP contribution in [-0.4, -0.2) is 30.2 Å². The van der Waals surface area contributed by atoms with Crippen LogP contribution in [0.3, 0.4) is 0 Å². The average Bonchev–Trinajstić information content (AvgIpc) is 2.13. The number of hydrogen-bond donors (Lipinski definition) is 1. The molecule has 1 saturated heterocycles. The van der Waals surface area contributed by atoms with Crippen molar-refractivity contribution in [1.82, 2.24) is 0 Å². The molecule has 2 atom stereocenters. The van der Waals surface area contributed by atoms with E-state index in [9.17, 15) is 10.1 Å². The lowest BCUT2D eigenvalue weighted by Crippen LogP contribution is -2.38. The number of hydrogen-bond acceptors (Lipinski definition) is 4. The maximum absolute atomic E-state index is 10.1. The van der Waals surface area contributed by atoms with E-state index in [0.717, 1.165) is 0 Å². The molecule has 1 aliphatic rings. The quantitative estimate of drug-likeness (QED) is 0.366. The normalized spacial score (nSPS) is 34.8. The Kier molecular flexibility index (Phi) is 1.63. The second-order valence-electron chi connectivity index (χ2n) is 2.05. The minimum Gasteiger partial charge on any atom is -0.372 e. The molecule has 1 rings (SSSR count). The smallest absolute Gasteiger partial charge is 0.253 e. The molecule has 0 aliphatic carbocycles. The van der Waals surface area contributed by atoms with E-state index >= 15 is 0 Å². The summed E-state index contributed by atoms with van der Waals surface area (Å²) in [5.41, 5.74) is 5.31. The molecule has 0 spiro atoms. The Morgan fingerprint density at radius 1 is 1.67 bits per heavy atom. The van der Waals surface area contributed by atoms with Crippen molar-refractivity contribution in [3.8, 4) is 0 Å². The standard InChI is InChI=1S/C4H8N2O3/c5-3-1-9-2-4(3)6(7)8/h3-4H,1-2,5H2/t3-,4-/m1/s1. The van der Waals surface area contributed by atoms with Gasteiger partial charge in [-0.2, -0.15) is 0 Å². The number of ether oxygens (including phenoxy) is 1. The molecular weight excluding hydrogens is 124 g/mol. The maximum atomic E-state index is 10.1. The largest absolute Gasteiger partial charge is 0.372 e. The lowest BCUT2D eigenvalue weighted by atomic mass is 10.2. The predicted octanol–water partition coefficient (Wildman–Crippen LogP) is -1.01. The second kappa shape index (κ2) is 2.28. The summed E-state index contributed by atoms with van der Waals surface area (Å²) in [4.78, 5) is 9.67. The molecule has 1 heterocycles. The molecule has 0 aromatic carbocycles. The molecule has 52 valence electrons. The van der Waals surface area contributed by atoms with Crippen molar-refractivity contribution in [2.45, 2.75) is 12.1 Å². The van der Waals surface area contributed by atoms with Gasteiger partial charge in [0.15, 0.2) is 0 Å². The van der Waals surface area contributed by atoms with Crippen molar-refractivity contribution in [1.29, 1.82) is 0 Å². The van der Waals surface area contributed by atoms with Crippen LogP contribution in [0.1, 0.15) is 0 Å². The molecule has 0 unspecified atom stereocenters. The fourth-order valence-electron chi connectivity index (χ4n) is 0.777. The van der Waals surface area contributed by atoms with E-state index in [1.165, 1.54) is 0 Å². The lowest BCUT2D eigenvalue weighted by Gasteiger charge is -2.01. The first-order valence-corrected chi connectivity index (χ1v) is 2.68. The molecule has 0 saturated carbocycles. The number of rotatable bonds is 1. The zero-order chi connectivity index (χ0) is 6.85. The van der Waals surface area contributed by atoms with Crippen LogP contribution in [0.25, 0.3) is 0 Å². The second-order valence-corrected chi connectivity index (χ2v) is 2.05. The number of nitrogens with two attached hydrogens (primary N) is 1. The molecule has 0 radical (unpaired) electrons. The minimum absolute atomic E-state index is 0.161. The molecule has 0 amide bonds. The van der Waals surface area contributed by atoms with Crippen LogP contribution in [0.2, 0.25) is 0 Å². The van der Waals surface area contributed by atoms with Gasteiger partial charge in [0.2, 0.25) is 0 Å². The number of nitrogens with zero attached hydrogens (tertiary/aromatic N) is 1. The van der Waals surface area contributed by atoms with Gasteiger partial charge in [0.25, 0.3) is 6.04 Å². The van der Waals surface area contributed by atoms with Gasteiger partial charge in [-0.15, -0.1) is 0 Å². The summed E-state index contributed by atoms with van der Waals surface area (Å²) in [5.74, 6) is 0. The molecule has 1 aliphatic heterocycles. The van der Waals surface area contributed by atoms with Gasteiger partial charge in [0.05, 0.1) is 12.6 Å². The molecular formula is C4H8N2O3. The third kappa shape index (κ3) is 1.17. The summed E-state index contributed by atoms with van der Waals surface area (Å²) in [6, 6.07) is -1.11. The van der Waals surface area contributed by atoms with Crippen molar-refractivity contribution >= 4 is 0 Å². The first kappa shape index (κ1) is 6.44. The molecule has 2 N–H and O–H groups in total. The summed E-state index contributed by atoms with van der Waals surface area (Å²) in [6.07, 6.45) is 0. The third-order valence-electron chi connectivity index (χ3n) is 1.36. The predicted molar refractivity (Wildman–Crippen MR) is 29.6 cm³/mol. The Hall–Kier alpha value is -0.680. The maximum Gasteiger partial charge on any atom is 0.253 e. The highest BCUT2D eigenvalue weighted by atomic mass is 16.6. The minimum atomic E-state index is -0.690. The van der Waals surface area contributed by atoms with Crippen molar-refractivity contribution in [3.05, 3.63) is 10.1 Å². The summed E-state index contributed by atoms with van der Waals surface area (Å²) in [7, 11) is 0. The lowest BCUT2D eigenvalue weighted by molar-refractivity contribution is -0.521. The topological polar surface area (TPSA) is 78.4 Å². The molecule has 1 fully saturated rings. The molecule has 0 bridgehead atoms. The van der Waals surface area contributed by atoms with Crippen molar-refractivity contribution in [3.63, 3.8) is 0 Å². The van der Waals surface area contributed by atoms with Crippen LogP contribution in [0.5, 0.6) is 0 Å². The van der Waals surface area contributed by atoms with E-state index in [2.05, 4.69) is 0 Å². The summed E-state index contributed by atoms with van der Waals surface area (Å²) < 4.78 is 4.76. The first-order valence-electron chi connectivity index (χ1n) is 2.68. The van der Waals surface area contributed by atoms with Crippen LogP contribution in [0, 0.1) is 10.1 Å². The molecule has 5 heteroatoms. The van der Waals surface area contributed by atoms with Gasteiger partial charge >= 0.3 is 0 Å². The van der Waals surface area contributed by atoms with E-state index < -0.39 is 17.0 Å². The number of nitro groups is 1. The van der Waals surface area contributed by atoms with E-state index in [-0.39, 0.29) is 6.61 Å². The van der Waals surface area contributed by atoms with Crippen LogP contribution in [-0.2, 0) is 4.74 Å². The van der Waals surface area contributed by atoms with Gasteiger partial charge in [0.1, 0.15) is 6.61 Å². The Morgan fingerprint density at radius 3 is 2.56 bits per heavy atom. The third-order valence-corrected chi connectivity index (χ3v) is 1.36. The molecule has 5 nitrogen and oxygen atoms in total. The fraction of sp³-hybridized carbons (Fsp3) is 1.00. The zero-order valence-corrected chi connectivity index (χ0v) is 4.82. The highest BCUT2D eigenvalue weighted by Crippen LogP contribution is 2.05. The van der Waals surface area contributed by atoms with Crippen molar-refractivity contribution < 1.29 is 9.66 Å². The Bertz CT molecular complexity index is 127. The van der Waals surface area contributed by atoms with Gasteiger partial charge in [-0.05, 0) is 0 Å². The van der Waals surface area contributed by atoms with Gasteiger partial charge in [-0.3, -0.25) is 10.1 Å². The SMILES string of the molecule is N[C@@H]1COC[C@H]1[N+](=O)[O-]. The van der Waals surface area contributed by atoms with E-state index in [1.54, 1.807) is 0 Å². The van der Waals surface area contributed by atoms with Gasteiger partial charge in [-0.25, -0.2) is 0 Å². The Balaban J connectivity index is 2.49. The Morgan fingerprint density at radius 2 is 2.33 bits per heavy atom. The van der Waals surface area contributed by atoms with E-state index in [1.807, 2.05) is 0 Å². The van der Waals surface area contributed by atoms with E-state index in [0.29, 0.717) is 6.61 Å². The van der Waals surface area contributed by atoms with Crippen LogP contribution >= 0.6 is 0 Å². The highest BCUT2D eigenvalue weighted by Gasteiger charge is 2.34. The van der Waals surface area contributed by atoms with E-state index in [4.69, 9.17) is 10.5 Å². The monoisotopic (exact) mass is 132 g/mol. The average molecular weight is 132 g/mol. The fourth-order valence-corrected chi connectivity index (χ4v) is 0.777. The van der Waals surface area contributed by atoms with Crippen molar-refractivity contribution in [2.24, 2.45) is 5.73 Å². The summed E-state index contributed by atoms with van der Waals surface area (Å²) >= 11 is 0. The molecule has 0 aromatic heterocycles. The molecule has 0 aromatic rings. The van der Waals surface area contributed by atoms with Crippen LogP contribution < -0.4 is 5.73 Å². The zero-order valence-electron chi connectivity index (χ0n) is 4.82. The van der Waals surface area contributed by atoms with Crippen LogP contribution in [0.4, 0.5) is 0 Å². The molecule has 9 heavy (non-hydrogen) atoms. The van der Waals surface area contributed by atoms with Gasteiger partial charge in [0, 0.05) is 4.92 Å². The Labute approximate surface area is 51.9 Å².